The Kier molecular flexibility index (Phi) is 6.07. The summed E-state index contributed by atoms with van der Waals surface area (Å²) in [6.07, 6.45) is 1.40. The number of amides is 1. The lowest BCUT2D eigenvalue weighted by atomic mass is 10.1. The van der Waals surface area contributed by atoms with Gasteiger partial charge in [0, 0.05) is 10.7 Å². The summed E-state index contributed by atoms with van der Waals surface area (Å²) < 4.78 is 5.45. The number of phenolic OH excluding ortho intramolecular Hbond substituents is 1. The van der Waals surface area contributed by atoms with Crippen LogP contribution < -0.4 is 10.1 Å². The summed E-state index contributed by atoms with van der Waals surface area (Å²) >= 11 is 9.23. The Morgan fingerprint density at radius 2 is 2.16 bits per heavy atom. The molecule has 0 unspecified atom stereocenters. The van der Waals surface area contributed by atoms with Crippen molar-refractivity contribution >= 4 is 45.2 Å². The molecule has 1 amide bonds. The van der Waals surface area contributed by atoms with E-state index < -0.39 is 5.91 Å². The number of nitriles is 1. The molecule has 0 fully saturated rings. The summed E-state index contributed by atoms with van der Waals surface area (Å²) in [5, 5.41) is 22.3. The largest absolute Gasteiger partial charge is 0.503 e. The highest BCUT2D eigenvalue weighted by Crippen LogP contribution is 2.35. The van der Waals surface area contributed by atoms with E-state index in [0.29, 0.717) is 26.3 Å². The fourth-order valence-electron chi connectivity index (χ4n) is 2.08. The van der Waals surface area contributed by atoms with Crippen LogP contribution in [0.1, 0.15) is 11.1 Å². The molecule has 0 spiro atoms. The van der Waals surface area contributed by atoms with E-state index in [1.807, 2.05) is 6.07 Å². The second kappa shape index (κ2) is 8.06. The van der Waals surface area contributed by atoms with Gasteiger partial charge in [-0.15, -0.1) is 0 Å². The SMILES string of the molecule is COc1cc(/C=C(/C#N)C(=O)Nc2cccc(Cl)c2C)cc(Br)c1O. The first kappa shape index (κ1) is 18.8. The van der Waals surface area contributed by atoms with E-state index in [-0.39, 0.29) is 17.1 Å². The van der Waals surface area contributed by atoms with Gasteiger partial charge in [0.15, 0.2) is 11.5 Å². The number of nitrogens with one attached hydrogen (secondary N) is 1. The van der Waals surface area contributed by atoms with Crippen molar-refractivity contribution in [2.75, 3.05) is 12.4 Å². The minimum Gasteiger partial charge on any atom is -0.503 e. The number of carbonyl (C=O) groups is 1. The Balaban J connectivity index is 2.34. The topological polar surface area (TPSA) is 82.3 Å². The Hall–Kier alpha value is -2.49. The maximum absolute atomic E-state index is 12.4. The quantitative estimate of drug-likeness (QED) is 0.555. The lowest BCUT2D eigenvalue weighted by Crippen LogP contribution is -2.14. The molecule has 7 heteroatoms. The van der Waals surface area contributed by atoms with Crippen molar-refractivity contribution in [2.45, 2.75) is 6.92 Å². The molecule has 2 aromatic carbocycles. The lowest BCUT2D eigenvalue weighted by Gasteiger charge is -2.09. The molecule has 0 heterocycles. The Morgan fingerprint density at radius 1 is 1.44 bits per heavy atom. The number of ether oxygens (including phenoxy) is 1. The van der Waals surface area contributed by atoms with Crippen molar-refractivity contribution in [3.8, 4) is 17.6 Å². The smallest absolute Gasteiger partial charge is 0.266 e. The zero-order chi connectivity index (χ0) is 18.6. The minimum absolute atomic E-state index is 0.0582. The Morgan fingerprint density at radius 3 is 2.80 bits per heavy atom. The van der Waals surface area contributed by atoms with Crippen molar-refractivity contribution < 1.29 is 14.6 Å². The molecular weight excluding hydrogens is 408 g/mol. The first-order valence-corrected chi connectivity index (χ1v) is 8.29. The number of anilines is 1. The highest BCUT2D eigenvalue weighted by Gasteiger charge is 2.13. The zero-order valence-electron chi connectivity index (χ0n) is 13.4. The summed E-state index contributed by atoms with van der Waals surface area (Å²) in [5.74, 6) is -0.391. The molecule has 5 nitrogen and oxygen atoms in total. The predicted molar refractivity (Wildman–Crippen MR) is 101 cm³/mol. The molecule has 0 atom stereocenters. The summed E-state index contributed by atoms with van der Waals surface area (Å²) in [6, 6.07) is 10.1. The molecule has 0 aliphatic heterocycles. The maximum atomic E-state index is 12.4. The Labute approximate surface area is 158 Å². The zero-order valence-corrected chi connectivity index (χ0v) is 15.8. The lowest BCUT2D eigenvalue weighted by molar-refractivity contribution is -0.112. The van der Waals surface area contributed by atoms with Gasteiger partial charge in [0.2, 0.25) is 0 Å². The summed E-state index contributed by atoms with van der Waals surface area (Å²) in [7, 11) is 1.41. The number of hydrogen-bond acceptors (Lipinski definition) is 4. The van der Waals surface area contributed by atoms with Gasteiger partial charge in [-0.3, -0.25) is 4.79 Å². The van der Waals surface area contributed by atoms with E-state index in [0.717, 1.165) is 0 Å². The van der Waals surface area contributed by atoms with E-state index in [1.165, 1.54) is 19.3 Å². The van der Waals surface area contributed by atoms with Gasteiger partial charge in [-0.25, -0.2) is 0 Å². The van der Waals surface area contributed by atoms with Crippen molar-refractivity contribution in [1.82, 2.24) is 0 Å². The molecule has 25 heavy (non-hydrogen) atoms. The highest BCUT2D eigenvalue weighted by molar-refractivity contribution is 9.10. The van der Waals surface area contributed by atoms with Crippen LogP contribution in [0.5, 0.6) is 11.5 Å². The average molecular weight is 422 g/mol. The van der Waals surface area contributed by atoms with Crippen LogP contribution in [0.4, 0.5) is 5.69 Å². The molecule has 0 radical (unpaired) electrons. The second-order valence-corrected chi connectivity index (χ2v) is 6.35. The first-order valence-electron chi connectivity index (χ1n) is 7.12. The molecule has 0 saturated carbocycles. The third kappa shape index (κ3) is 4.32. The summed E-state index contributed by atoms with van der Waals surface area (Å²) in [6.45, 7) is 1.77. The van der Waals surface area contributed by atoms with Gasteiger partial charge in [0.1, 0.15) is 11.6 Å². The first-order chi connectivity index (χ1) is 11.9. The molecule has 0 aliphatic carbocycles. The fraction of sp³-hybridized carbons (Fsp3) is 0.111. The van der Waals surface area contributed by atoms with Gasteiger partial charge in [-0.2, -0.15) is 5.26 Å². The number of nitrogens with zero attached hydrogens (tertiary/aromatic N) is 1. The predicted octanol–water partition coefficient (Wildman–Crippen LogP) is 4.67. The standard InChI is InChI=1S/C18H14BrClN2O3/c1-10-14(20)4-3-5-15(10)22-18(24)12(9-21)6-11-7-13(19)17(23)16(8-11)25-2/h3-8,23H,1-2H3,(H,22,24)/b12-6-. The summed E-state index contributed by atoms with van der Waals surface area (Å²) in [4.78, 5) is 12.4. The van der Waals surface area contributed by atoms with Crippen LogP contribution in [0.25, 0.3) is 6.08 Å². The summed E-state index contributed by atoms with van der Waals surface area (Å²) in [5.41, 5.74) is 1.67. The van der Waals surface area contributed by atoms with Crippen LogP contribution in [0.3, 0.4) is 0 Å². The second-order valence-electron chi connectivity index (χ2n) is 5.09. The Bertz CT molecular complexity index is 904. The number of halogens is 2. The number of hydrogen-bond donors (Lipinski definition) is 2. The normalized spacial score (nSPS) is 10.9. The molecule has 2 rings (SSSR count). The van der Waals surface area contributed by atoms with Gasteiger partial charge in [0.05, 0.1) is 11.6 Å². The monoisotopic (exact) mass is 420 g/mol. The van der Waals surface area contributed by atoms with Crippen LogP contribution in [0.2, 0.25) is 5.02 Å². The molecule has 2 N–H and O–H groups in total. The van der Waals surface area contributed by atoms with Crippen LogP contribution in [0, 0.1) is 18.3 Å². The van der Waals surface area contributed by atoms with E-state index in [1.54, 1.807) is 31.2 Å². The maximum Gasteiger partial charge on any atom is 0.266 e. The van der Waals surface area contributed by atoms with Crippen molar-refractivity contribution in [3.63, 3.8) is 0 Å². The molecule has 0 aliphatic rings. The van der Waals surface area contributed by atoms with E-state index in [9.17, 15) is 15.2 Å². The van der Waals surface area contributed by atoms with Crippen molar-refractivity contribution in [3.05, 3.63) is 56.5 Å². The number of phenols is 1. The van der Waals surface area contributed by atoms with Gasteiger partial charge in [-0.05, 0) is 64.3 Å². The van der Waals surface area contributed by atoms with Gasteiger partial charge >= 0.3 is 0 Å². The molecule has 0 saturated heterocycles. The van der Waals surface area contributed by atoms with Crippen LogP contribution in [-0.2, 0) is 4.79 Å². The third-order valence-corrected chi connectivity index (χ3v) is 4.48. The number of methoxy groups -OCH3 is 1. The van der Waals surface area contributed by atoms with Gasteiger partial charge < -0.3 is 15.2 Å². The van der Waals surface area contributed by atoms with Gasteiger partial charge in [-0.1, -0.05) is 17.7 Å². The van der Waals surface area contributed by atoms with Crippen LogP contribution >= 0.6 is 27.5 Å². The van der Waals surface area contributed by atoms with E-state index in [4.69, 9.17) is 16.3 Å². The van der Waals surface area contributed by atoms with E-state index in [2.05, 4.69) is 21.2 Å². The number of benzene rings is 2. The average Bonchev–Trinajstić information content (AvgIpc) is 2.59. The number of carbonyl (C=O) groups excluding carboxylic acids is 1. The van der Waals surface area contributed by atoms with E-state index >= 15 is 0 Å². The van der Waals surface area contributed by atoms with Crippen LogP contribution in [-0.4, -0.2) is 18.1 Å². The van der Waals surface area contributed by atoms with Crippen molar-refractivity contribution in [1.29, 1.82) is 5.26 Å². The van der Waals surface area contributed by atoms with Crippen molar-refractivity contribution in [2.24, 2.45) is 0 Å². The fourth-order valence-corrected chi connectivity index (χ4v) is 2.71. The molecule has 0 aromatic heterocycles. The highest BCUT2D eigenvalue weighted by atomic mass is 79.9. The van der Waals surface area contributed by atoms with Crippen LogP contribution in [0.15, 0.2) is 40.4 Å². The molecular formula is C18H14BrClN2O3. The number of aromatic hydroxyl groups is 1. The molecule has 2 aromatic rings. The molecule has 0 bridgehead atoms. The third-order valence-electron chi connectivity index (χ3n) is 3.46. The van der Waals surface area contributed by atoms with Gasteiger partial charge in [0.25, 0.3) is 5.91 Å². The molecule has 128 valence electrons. The minimum atomic E-state index is -0.559. The number of rotatable bonds is 4.